The summed E-state index contributed by atoms with van der Waals surface area (Å²) in [6, 6.07) is 12.3. The summed E-state index contributed by atoms with van der Waals surface area (Å²) in [5.74, 6) is 0.984. The number of hydrogen-bond acceptors (Lipinski definition) is 4. The Hall–Kier alpha value is -1.85. The van der Waals surface area contributed by atoms with Gasteiger partial charge in [-0.05, 0) is 55.3 Å². The highest BCUT2D eigenvalue weighted by Crippen LogP contribution is 2.23. The van der Waals surface area contributed by atoms with Crippen molar-refractivity contribution in [2.24, 2.45) is 0 Å². The van der Waals surface area contributed by atoms with Gasteiger partial charge >= 0.3 is 0 Å². The lowest BCUT2D eigenvalue weighted by Crippen LogP contribution is -2.31. The topological polar surface area (TPSA) is 38.1 Å². The van der Waals surface area contributed by atoms with E-state index in [9.17, 15) is 4.79 Å². The summed E-state index contributed by atoms with van der Waals surface area (Å²) < 4.78 is 1.90. The lowest BCUT2D eigenvalue weighted by Gasteiger charge is -2.26. The maximum Gasteiger partial charge on any atom is 0.262 e. The zero-order chi connectivity index (χ0) is 19.3. The molecule has 0 saturated carbocycles. The first kappa shape index (κ1) is 19.5. The molecule has 0 spiro atoms. The fraction of sp³-hybridized carbons (Fsp3) is 0.478. The Morgan fingerprint density at radius 2 is 1.79 bits per heavy atom. The summed E-state index contributed by atoms with van der Waals surface area (Å²) in [4.78, 5) is 20.7. The Morgan fingerprint density at radius 3 is 2.54 bits per heavy atom. The van der Waals surface area contributed by atoms with Gasteiger partial charge in [0.1, 0.15) is 0 Å². The zero-order valence-electron chi connectivity index (χ0n) is 16.7. The molecular formula is C23H29N3OS. The minimum absolute atomic E-state index is 0.102. The fourth-order valence-corrected chi connectivity index (χ4v) is 4.99. The Balaban J connectivity index is 1.65. The third-order valence-corrected chi connectivity index (χ3v) is 6.57. The van der Waals surface area contributed by atoms with E-state index in [1.807, 2.05) is 22.8 Å². The standard InChI is InChI=1S/C23H29N3OS/c1-2-3-13-26-22(27)20-16-18-9-5-6-10-19(18)17-21(20)24-23(26)28-15-14-25-11-7-4-8-12-25/h5-6,9-10,16-17H,2-4,7-8,11-15H2,1H3. The number of unbranched alkanes of at least 4 members (excludes halogenated alkanes) is 1. The number of thioether (sulfide) groups is 1. The van der Waals surface area contributed by atoms with Crippen molar-refractivity contribution in [3.63, 3.8) is 0 Å². The number of rotatable bonds is 7. The summed E-state index contributed by atoms with van der Waals surface area (Å²) in [6.07, 6.45) is 6.06. The molecule has 2 aromatic carbocycles. The average Bonchev–Trinajstić information content (AvgIpc) is 2.73. The van der Waals surface area contributed by atoms with Crippen molar-refractivity contribution in [1.29, 1.82) is 0 Å². The van der Waals surface area contributed by atoms with Crippen molar-refractivity contribution >= 4 is 33.4 Å². The molecule has 28 heavy (non-hydrogen) atoms. The predicted octanol–water partition coefficient (Wildman–Crippen LogP) is 4.93. The maximum atomic E-state index is 13.3. The Morgan fingerprint density at radius 1 is 1.04 bits per heavy atom. The molecule has 0 unspecified atom stereocenters. The van der Waals surface area contributed by atoms with Gasteiger partial charge in [0.15, 0.2) is 5.16 Å². The van der Waals surface area contributed by atoms with Gasteiger partial charge in [-0.15, -0.1) is 0 Å². The summed E-state index contributed by atoms with van der Waals surface area (Å²) >= 11 is 1.74. The van der Waals surface area contributed by atoms with E-state index in [-0.39, 0.29) is 5.56 Å². The molecule has 1 fully saturated rings. The zero-order valence-corrected chi connectivity index (χ0v) is 17.5. The first-order valence-corrected chi connectivity index (χ1v) is 11.5. The molecule has 3 aromatic rings. The van der Waals surface area contributed by atoms with Gasteiger partial charge < -0.3 is 4.90 Å². The average molecular weight is 396 g/mol. The van der Waals surface area contributed by atoms with Crippen LogP contribution >= 0.6 is 11.8 Å². The second kappa shape index (κ2) is 9.10. The van der Waals surface area contributed by atoms with Crippen molar-refractivity contribution in [2.45, 2.75) is 50.7 Å². The lowest BCUT2D eigenvalue weighted by molar-refractivity contribution is 0.242. The van der Waals surface area contributed by atoms with E-state index in [1.165, 1.54) is 32.4 Å². The van der Waals surface area contributed by atoms with Crippen molar-refractivity contribution < 1.29 is 0 Å². The molecule has 0 aliphatic carbocycles. The normalized spacial score (nSPS) is 15.5. The minimum Gasteiger partial charge on any atom is -0.303 e. The number of piperidine rings is 1. The molecule has 1 aliphatic heterocycles. The molecule has 2 heterocycles. The summed E-state index contributed by atoms with van der Waals surface area (Å²) in [5, 5.41) is 3.84. The maximum absolute atomic E-state index is 13.3. The molecule has 5 heteroatoms. The van der Waals surface area contributed by atoms with Gasteiger partial charge in [0.25, 0.3) is 5.56 Å². The molecule has 4 rings (SSSR count). The Kier molecular flexibility index (Phi) is 6.33. The molecule has 0 radical (unpaired) electrons. The molecular weight excluding hydrogens is 366 g/mol. The first-order valence-electron chi connectivity index (χ1n) is 10.5. The smallest absolute Gasteiger partial charge is 0.262 e. The van der Waals surface area contributed by atoms with Gasteiger partial charge in [0.05, 0.1) is 10.9 Å². The van der Waals surface area contributed by atoms with Crippen LogP contribution in [0.3, 0.4) is 0 Å². The molecule has 148 valence electrons. The van der Waals surface area contributed by atoms with Crippen LogP contribution in [-0.4, -0.2) is 39.8 Å². The van der Waals surface area contributed by atoms with Crippen LogP contribution in [0.25, 0.3) is 21.7 Å². The van der Waals surface area contributed by atoms with Gasteiger partial charge in [-0.2, -0.15) is 0 Å². The van der Waals surface area contributed by atoms with Crippen molar-refractivity contribution in [3.05, 3.63) is 46.8 Å². The van der Waals surface area contributed by atoms with Gasteiger partial charge in [-0.25, -0.2) is 4.98 Å². The van der Waals surface area contributed by atoms with Crippen LogP contribution < -0.4 is 5.56 Å². The molecule has 1 aromatic heterocycles. The van der Waals surface area contributed by atoms with E-state index in [0.29, 0.717) is 0 Å². The highest BCUT2D eigenvalue weighted by Gasteiger charge is 2.14. The van der Waals surface area contributed by atoms with Gasteiger partial charge in [-0.1, -0.05) is 55.8 Å². The second-order valence-electron chi connectivity index (χ2n) is 7.67. The van der Waals surface area contributed by atoms with Crippen molar-refractivity contribution in [2.75, 3.05) is 25.4 Å². The van der Waals surface area contributed by atoms with Crippen LogP contribution in [0.1, 0.15) is 39.0 Å². The monoisotopic (exact) mass is 395 g/mol. The van der Waals surface area contributed by atoms with E-state index in [2.05, 4.69) is 30.0 Å². The lowest BCUT2D eigenvalue weighted by atomic mass is 10.1. The van der Waals surface area contributed by atoms with Crippen LogP contribution in [0.5, 0.6) is 0 Å². The highest BCUT2D eigenvalue weighted by molar-refractivity contribution is 7.99. The summed E-state index contributed by atoms with van der Waals surface area (Å²) in [5.41, 5.74) is 0.918. The quantitative estimate of drug-likeness (QED) is 0.323. The number of aromatic nitrogens is 2. The van der Waals surface area contributed by atoms with Gasteiger partial charge in [0, 0.05) is 18.8 Å². The van der Waals surface area contributed by atoms with Gasteiger partial charge in [0.2, 0.25) is 0 Å². The molecule has 0 atom stereocenters. The number of fused-ring (bicyclic) bond motifs is 2. The van der Waals surface area contributed by atoms with Gasteiger partial charge in [-0.3, -0.25) is 9.36 Å². The molecule has 1 saturated heterocycles. The molecule has 1 aliphatic rings. The predicted molar refractivity (Wildman–Crippen MR) is 119 cm³/mol. The first-order chi connectivity index (χ1) is 13.8. The summed E-state index contributed by atoms with van der Waals surface area (Å²) in [6.45, 7) is 6.40. The van der Waals surface area contributed by atoms with E-state index in [1.54, 1.807) is 11.8 Å². The van der Waals surface area contributed by atoms with E-state index in [4.69, 9.17) is 4.98 Å². The van der Waals surface area contributed by atoms with Crippen LogP contribution in [0.2, 0.25) is 0 Å². The largest absolute Gasteiger partial charge is 0.303 e. The molecule has 0 amide bonds. The second-order valence-corrected chi connectivity index (χ2v) is 8.73. The van der Waals surface area contributed by atoms with E-state index < -0.39 is 0 Å². The molecule has 0 bridgehead atoms. The highest BCUT2D eigenvalue weighted by atomic mass is 32.2. The number of hydrogen-bond donors (Lipinski definition) is 0. The minimum atomic E-state index is 0.102. The van der Waals surface area contributed by atoms with Crippen LogP contribution in [0.15, 0.2) is 46.3 Å². The third-order valence-electron chi connectivity index (χ3n) is 5.61. The van der Waals surface area contributed by atoms with E-state index in [0.717, 1.165) is 58.5 Å². The summed E-state index contributed by atoms with van der Waals surface area (Å²) in [7, 11) is 0. The molecule has 0 N–H and O–H groups in total. The SMILES string of the molecule is CCCCn1c(SCCN2CCCCC2)nc2cc3ccccc3cc2c1=O. The number of benzene rings is 2. The number of likely N-dealkylation sites (tertiary alicyclic amines) is 1. The number of nitrogens with zero attached hydrogens (tertiary/aromatic N) is 3. The van der Waals surface area contributed by atoms with E-state index >= 15 is 0 Å². The third kappa shape index (κ3) is 4.26. The Labute approximate surface area is 170 Å². The van der Waals surface area contributed by atoms with Crippen molar-refractivity contribution in [3.8, 4) is 0 Å². The van der Waals surface area contributed by atoms with Crippen LogP contribution in [0, 0.1) is 0 Å². The fourth-order valence-electron chi connectivity index (χ4n) is 3.96. The Bertz CT molecular complexity index is 1010. The van der Waals surface area contributed by atoms with Crippen molar-refractivity contribution in [1.82, 2.24) is 14.5 Å². The van der Waals surface area contributed by atoms with Crippen LogP contribution in [0.4, 0.5) is 0 Å². The molecule has 4 nitrogen and oxygen atoms in total. The van der Waals surface area contributed by atoms with Crippen LogP contribution in [-0.2, 0) is 6.54 Å².